The molecule has 1 aromatic rings. The second kappa shape index (κ2) is 6.86. The fourth-order valence-corrected chi connectivity index (χ4v) is 4.28. The van der Waals surface area contributed by atoms with E-state index < -0.39 is 0 Å². The number of carbonyl (C=O) groups excluding carboxylic acids is 1. The maximum absolute atomic E-state index is 12.9. The minimum atomic E-state index is -0.389. The van der Waals surface area contributed by atoms with Crippen molar-refractivity contribution < 1.29 is 9.18 Å². The predicted molar refractivity (Wildman–Crippen MR) is 93.1 cm³/mol. The molecule has 4 heterocycles. The van der Waals surface area contributed by atoms with Gasteiger partial charge in [0, 0.05) is 57.5 Å². The first-order valence-corrected chi connectivity index (χ1v) is 9.28. The molecule has 0 saturated carbocycles. The maximum atomic E-state index is 12.9. The lowest BCUT2D eigenvalue weighted by Gasteiger charge is -2.37. The highest BCUT2D eigenvalue weighted by Gasteiger charge is 2.36. The van der Waals surface area contributed by atoms with Crippen molar-refractivity contribution in [3.8, 4) is 0 Å². The quantitative estimate of drug-likeness (QED) is 0.824. The number of likely N-dealkylation sites (tertiary alicyclic amines) is 1. The predicted octanol–water partition coefficient (Wildman–Crippen LogP) is 1.25. The zero-order chi connectivity index (χ0) is 17.4. The van der Waals surface area contributed by atoms with Gasteiger partial charge >= 0.3 is 0 Å². The van der Waals surface area contributed by atoms with E-state index in [1.807, 2.05) is 4.90 Å². The molecule has 0 spiro atoms. The van der Waals surface area contributed by atoms with Gasteiger partial charge in [-0.1, -0.05) is 0 Å². The second-order valence-corrected chi connectivity index (χ2v) is 7.65. The van der Waals surface area contributed by atoms with Crippen molar-refractivity contribution >= 4 is 11.7 Å². The molecule has 25 heavy (non-hydrogen) atoms. The monoisotopic (exact) mass is 347 g/mol. The molecule has 2 saturated heterocycles. The standard InChI is InChI=1S/C18H26FN5O/c1-22-5-4-16-14(12-22)9-17(21-20-16)23-6-2-15(3-7-23)24-11-13(10-19)8-18(24)25/h9,13,15H,2-8,10-12H2,1H3. The molecule has 2 fully saturated rings. The number of fused-ring (bicyclic) bond motifs is 1. The van der Waals surface area contributed by atoms with E-state index in [1.54, 1.807) is 0 Å². The van der Waals surface area contributed by atoms with Crippen LogP contribution in [0.15, 0.2) is 6.07 Å². The summed E-state index contributed by atoms with van der Waals surface area (Å²) in [7, 11) is 2.13. The zero-order valence-corrected chi connectivity index (χ0v) is 14.8. The van der Waals surface area contributed by atoms with Gasteiger partial charge in [0.2, 0.25) is 5.91 Å². The van der Waals surface area contributed by atoms with E-state index in [2.05, 4.69) is 33.1 Å². The molecule has 4 rings (SSSR count). The summed E-state index contributed by atoms with van der Waals surface area (Å²) < 4.78 is 12.9. The van der Waals surface area contributed by atoms with E-state index in [0.29, 0.717) is 13.0 Å². The molecule has 3 aliphatic heterocycles. The minimum Gasteiger partial charge on any atom is -0.355 e. The van der Waals surface area contributed by atoms with Gasteiger partial charge in [0.25, 0.3) is 0 Å². The Morgan fingerprint density at radius 3 is 2.76 bits per heavy atom. The third kappa shape index (κ3) is 3.34. The van der Waals surface area contributed by atoms with Crippen molar-refractivity contribution in [1.82, 2.24) is 20.0 Å². The molecular formula is C18H26FN5O. The van der Waals surface area contributed by atoms with Crippen LogP contribution >= 0.6 is 0 Å². The van der Waals surface area contributed by atoms with E-state index in [4.69, 9.17) is 0 Å². The van der Waals surface area contributed by atoms with Crippen LogP contribution in [0.4, 0.5) is 10.2 Å². The molecule has 3 aliphatic rings. The fourth-order valence-electron chi connectivity index (χ4n) is 4.28. The number of aromatic nitrogens is 2. The van der Waals surface area contributed by atoms with Crippen LogP contribution in [0.3, 0.4) is 0 Å². The average Bonchev–Trinajstić information content (AvgIpc) is 3.02. The van der Waals surface area contributed by atoms with Gasteiger partial charge in [-0.25, -0.2) is 0 Å². The summed E-state index contributed by atoms with van der Waals surface area (Å²) >= 11 is 0. The highest BCUT2D eigenvalue weighted by molar-refractivity contribution is 5.79. The Morgan fingerprint density at radius 1 is 1.24 bits per heavy atom. The number of anilines is 1. The Kier molecular flexibility index (Phi) is 4.58. The number of hydrogen-bond acceptors (Lipinski definition) is 5. The zero-order valence-electron chi connectivity index (χ0n) is 14.8. The lowest BCUT2D eigenvalue weighted by molar-refractivity contribution is -0.130. The van der Waals surface area contributed by atoms with Crippen molar-refractivity contribution in [1.29, 1.82) is 0 Å². The lowest BCUT2D eigenvalue weighted by atomic mass is 10.0. The topological polar surface area (TPSA) is 52.6 Å². The summed E-state index contributed by atoms with van der Waals surface area (Å²) in [6, 6.07) is 2.43. The molecule has 6 nitrogen and oxygen atoms in total. The van der Waals surface area contributed by atoms with Crippen molar-refractivity contribution in [3.63, 3.8) is 0 Å². The van der Waals surface area contributed by atoms with Crippen LogP contribution in [0, 0.1) is 5.92 Å². The van der Waals surface area contributed by atoms with Gasteiger partial charge < -0.3 is 14.7 Å². The summed E-state index contributed by atoms with van der Waals surface area (Å²) in [5.74, 6) is 0.966. The van der Waals surface area contributed by atoms with Gasteiger partial charge in [0.1, 0.15) is 0 Å². The van der Waals surface area contributed by atoms with E-state index in [0.717, 1.165) is 57.0 Å². The number of nitrogens with zero attached hydrogens (tertiary/aromatic N) is 5. The molecule has 0 N–H and O–H groups in total. The summed E-state index contributed by atoms with van der Waals surface area (Å²) in [4.78, 5) is 18.6. The SMILES string of the molecule is CN1CCc2nnc(N3CCC(N4CC(CF)CC4=O)CC3)cc2C1. The first kappa shape index (κ1) is 16.7. The molecule has 1 amide bonds. The van der Waals surface area contributed by atoms with Crippen molar-refractivity contribution in [3.05, 3.63) is 17.3 Å². The Bertz CT molecular complexity index is 646. The highest BCUT2D eigenvalue weighted by atomic mass is 19.1. The van der Waals surface area contributed by atoms with Crippen LogP contribution in [0.1, 0.15) is 30.5 Å². The molecule has 0 radical (unpaired) electrons. The molecule has 1 aromatic heterocycles. The molecule has 0 aromatic carbocycles. The third-order valence-corrected chi connectivity index (χ3v) is 5.80. The van der Waals surface area contributed by atoms with E-state index in [-0.39, 0.29) is 24.5 Å². The Hall–Kier alpha value is -1.76. The smallest absolute Gasteiger partial charge is 0.223 e. The van der Waals surface area contributed by atoms with Crippen molar-refractivity contribution in [2.45, 2.75) is 38.3 Å². The molecule has 0 bridgehead atoms. The van der Waals surface area contributed by atoms with Gasteiger partial charge in [-0.05, 0) is 31.5 Å². The van der Waals surface area contributed by atoms with Gasteiger partial charge in [-0.2, -0.15) is 5.10 Å². The number of alkyl halides is 1. The van der Waals surface area contributed by atoms with Gasteiger partial charge in [0.05, 0.1) is 12.4 Å². The number of piperidine rings is 1. The molecule has 7 heteroatoms. The van der Waals surface area contributed by atoms with Crippen LogP contribution in [0.5, 0.6) is 0 Å². The first-order valence-electron chi connectivity index (χ1n) is 9.28. The molecule has 1 unspecified atom stereocenters. The maximum Gasteiger partial charge on any atom is 0.223 e. The Labute approximate surface area is 148 Å². The largest absolute Gasteiger partial charge is 0.355 e. The van der Waals surface area contributed by atoms with Crippen LogP contribution < -0.4 is 4.90 Å². The number of carbonyl (C=O) groups is 1. The molecular weight excluding hydrogens is 321 g/mol. The summed E-state index contributed by atoms with van der Waals surface area (Å²) in [6.45, 7) is 3.92. The minimum absolute atomic E-state index is 0.103. The third-order valence-electron chi connectivity index (χ3n) is 5.80. The second-order valence-electron chi connectivity index (χ2n) is 7.65. The van der Waals surface area contributed by atoms with Crippen LogP contribution in [-0.4, -0.2) is 71.8 Å². The van der Waals surface area contributed by atoms with Gasteiger partial charge in [-0.15, -0.1) is 5.10 Å². The summed E-state index contributed by atoms with van der Waals surface area (Å²) in [5, 5.41) is 8.86. The van der Waals surface area contributed by atoms with Crippen LogP contribution in [0.2, 0.25) is 0 Å². The van der Waals surface area contributed by atoms with Crippen LogP contribution in [-0.2, 0) is 17.8 Å². The first-order chi connectivity index (χ1) is 12.1. The number of likely N-dealkylation sites (N-methyl/N-ethyl adjacent to an activating group) is 1. The summed E-state index contributed by atoms with van der Waals surface area (Å²) in [6.07, 6.45) is 3.18. The number of rotatable bonds is 3. The molecule has 0 aliphatic carbocycles. The lowest BCUT2D eigenvalue weighted by Crippen LogP contribution is -2.46. The molecule has 1 atom stereocenters. The fraction of sp³-hybridized carbons (Fsp3) is 0.722. The van der Waals surface area contributed by atoms with E-state index in [9.17, 15) is 9.18 Å². The van der Waals surface area contributed by atoms with Gasteiger partial charge in [0.15, 0.2) is 5.82 Å². The van der Waals surface area contributed by atoms with Crippen molar-refractivity contribution in [2.75, 3.05) is 44.8 Å². The number of hydrogen-bond donors (Lipinski definition) is 0. The normalized spacial score (nSPS) is 25.5. The van der Waals surface area contributed by atoms with E-state index in [1.165, 1.54) is 5.56 Å². The Balaban J connectivity index is 1.39. The molecule has 136 valence electrons. The number of amides is 1. The van der Waals surface area contributed by atoms with Crippen molar-refractivity contribution in [2.24, 2.45) is 5.92 Å². The average molecular weight is 347 g/mol. The number of halogens is 1. The summed E-state index contributed by atoms with van der Waals surface area (Å²) in [5.41, 5.74) is 2.40. The Morgan fingerprint density at radius 2 is 2.04 bits per heavy atom. The van der Waals surface area contributed by atoms with E-state index >= 15 is 0 Å². The highest BCUT2D eigenvalue weighted by Crippen LogP contribution is 2.28. The van der Waals surface area contributed by atoms with Gasteiger partial charge in [-0.3, -0.25) is 9.18 Å². The van der Waals surface area contributed by atoms with Crippen LogP contribution in [0.25, 0.3) is 0 Å².